The van der Waals surface area contributed by atoms with Crippen LogP contribution in [0.4, 0.5) is 8.78 Å². The van der Waals surface area contributed by atoms with Gasteiger partial charge >= 0.3 is 0 Å². The third-order valence-electron chi connectivity index (χ3n) is 2.30. The van der Waals surface area contributed by atoms with Crippen LogP contribution in [0, 0.1) is 11.6 Å². The van der Waals surface area contributed by atoms with E-state index in [1.54, 1.807) is 12.1 Å². The van der Waals surface area contributed by atoms with Gasteiger partial charge in [-0.3, -0.25) is 0 Å². The molecule has 2 aromatic carbocycles. The second-order valence-corrected chi connectivity index (χ2v) is 4.14. The molecule has 0 spiro atoms. The van der Waals surface area contributed by atoms with Crippen molar-refractivity contribution in [3.05, 3.63) is 59.1 Å². The fourth-order valence-electron chi connectivity index (χ4n) is 1.46. The number of hydrogen-bond acceptors (Lipinski definition) is 2. The van der Waals surface area contributed by atoms with E-state index in [4.69, 9.17) is 21.1 Å². The van der Waals surface area contributed by atoms with Gasteiger partial charge in [0, 0.05) is 6.07 Å². The van der Waals surface area contributed by atoms with Gasteiger partial charge in [-0.05, 0) is 30.3 Å². The molecule has 0 saturated heterocycles. The largest absolute Gasteiger partial charge is 0.490 e. The van der Waals surface area contributed by atoms with Crippen molar-refractivity contribution in [1.82, 2.24) is 0 Å². The molecule has 0 saturated carbocycles. The minimum absolute atomic E-state index is 0.200. The van der Waals surface area contributed by atoms with Crippen LogP contribution in [0.5, 0.6) is 11.5 Å². The highest BCUT2D eigenvalue weighted by molar-refractivity contribution is 6.32. The van der Waals surface area contributed by atoms with Crippen molar-refractivity contribution in [3.63, 3.8) is 0 Å². The molecule has 0 radical (unpaired) electrons. The Balaban J connectivity index is 1.81. The maximum Gasteiger partial charge on any atom is 0.138 e. The molecule has 0 aliphatic carbocycles. The average molecular weight is 285 g/mol. The van der Waals surface area contributed by atoms with Crippen molar-refractivity contribution < 1.29 is 18.3 Å². The first-order chi connectivity index (χ1) is 9.15. The zero-order chi connectivity index (χ0) is 13.7. The Bertz CT molecular complexity index is 561. The highest BCUT2D eigenvalue weighted by Gasteiger charge is 2.03. The molecule has 2 nitrogen and oxygen atoms in total. The second kappa shape index (κ2) is 6.38. The Labute approximate surface area is 114 Å². The molecule has 0 unspecified atom stereocenters. The molecule has 0 aromatic heterocycles. The fraction of sp³-hybridized carbons (Fsp3) is 0.143. The zero-order valence-corrected chi connectivity index (χ0v) is 10.7. The summed E-state index contributed by atoms with van der Waals surface area (Å²) in [6, 6.07) is 9.70. The molecule has 0 amide bonds. The third kappa shape index (κ3) is 4.10. The molecule has 0 atom stereocenters. The maximum absolute atomic E-state index is 12.9. The lowest BCUT2D eigenvalue weighted by Gasteiger charge is -2.09. The van der Waals surface area contributed by atoms with E-state index in [-0.39, 0.29) is 24.1 Å². The summed E-state index contributed by atoms with van der Waals surface area (Å²) >= 11 is 5.79. The van der Waals surface area contributed by atoms with Gasteiger partial charge in [0.1, 0.15) is 36.3 Å². The number of hydrogen-bond donors (Lipinski definition) is 0. The Morgan fingerprint density at radius 2 is 1.63 bits per heavy atom. The summed E-state index contributed by atoms with van der Waals surface area (Å²) in [5, 5.41) is 0.200. The van der Waals surface area contributed by atoms with Gasteiger partial charge in [0.15, 0.2) is 0 Å². The van der Waals surface area contributed by atoms with Gasteiger partial charge in [-0.1, -0.05) is 17.7 Å². The van der Waals surface area contributed by atoms with Crippen molar-refractivity contribution in [1.29, 1.82) is 0 Å². The summed E-state index contributed by atoms with van der Waals surface area (Å²) in [7, 11) is 0. The molecule has 2 aromatic rings. The van der Waals surface area contributed by atoms with Crippen molar-refractivity contribution in [3.8, 4) is 11.5 Å². The van der Waals surface area contributed by atoms with Crippen LogP contribution in [0.15, 0.2) is 42.5 Å². The first kappa shape index (κ1) is 13.6. The van der Waals surface area contributed by atoms with Crippen LogP contribution < -0.4 is 9.47 Å². The fourth-order valence-corrected chi connectivity index (χ4v) is 1.68. The summed E-state index contributed by atoms with van der Waals surface area (Å²) in [6.45, 7) is 0.457. The molecule has 2 rings (SSSR count). The third-order valence-corrected chi connectivity index (χ3v) is 2.60. The van der Waals surface area contributed by atoms with E-state index in [2.05, 4.69) is 0 Å². The second-order valence-electron chi connectivity index (χ2n) is 3.73. The van der Waals surface area contributed by atoms with Crippen LogP contribution >= 0.6 is 11.6 Å². The lowest BCUT2D eigenvalue weighted by Crippen LogP contribution is -2.09. The SMILES string of the molecule is Fc1cccc(OCCOc2ccc(F)cc2Cl)c1. The van der Waals surface area contributed by atoms with E-state index < -0.39 is 5.82 Å². The molecule has 0 heterocycles. The van der Waals surface area contributed by atoms with Crippen LogP contribution in [-0.4, -0.2) is 13.2 Å². The minimum Gasteiger partial charge on any atom is -0.490 e. The first-order valence-electron chi connectivity index (χ1n) is 5.61. The Morgan fingerprint density at radius 1 is 0.895 bits per heavy atom. The summed E-state index contributed by atoms with van der Waals surface area (Å²) in [5.74, 6) is 0.0214. The molecule has 0 fully saturated rings. The van der Waals surface area contributed by atoms with Crippen molar-refractivity contribution >= 4 is 11.6 Å². The number of halogens is 3. The molecular formula is C14H11ClF2O2. The smallest absolute Gasteiger partial charge is 0.138 e. The standard InChI is InChI=1S/C14H11ClF2O2/c15-13-9-11(17)4-5-14(13)19-7-6-18-12-3-1-2-10(16)8-12/h1-5,8-9H,6-7H2. The average Bonchev–Trinajstić information content (AvgIpc) is 2.37. The topological polar surface area (TPSA) is 18.5 Å². The number of rotatable bonds is 5. The van der Waals surface area contributed by atoms with Crippen LogP contribution in [-0.2, 0) is 0 Å². The summed E-state index contributed by atoms with van der Waals surface area (Å²) in [5.41, 5.74) is 0. The lowest BCUT2D eigenvalue weighted by molar-refractivity contribution is 0.216. The lowest BCUT2D eigenvalue weighted by atomic mass is 10.3. The minimum atomic E-state index is -0.423. The quantitative estimate of drug-likeness (QED) is 0.770. The van der Waals surface area contributed by atoms with Crippen LogP contribution in [0.25, 0.3) is 0 Å². The maximum atomic E-state index is 12.9. The molecule has 0 N–H and O–H groups in total. The number of benzene rings is 2. The van der Waals surface area contributed by atoms with Crippen LogP contribution in [0.1, 0.15) is 0 Å². The Kier molecular flexibility index (Phi) is 4.58. The van der Waals surface area contributed by atoms with E-state index in [0.717, 1.165) is 0 Å². The summed E-state index contributed by atoms with van der Waals surface area (Å²) in [4.78, 5) is 0. The van der Waals surface area contributed by atoms with Crippen molar-refractivity contribution in [2.24, 2.45) is 0 Å². The van der Waals surface area contributed by atoms with Gasteiger partial charge in [-0.25, -0.2) is 8.78 Å². The first-order valence-corrected chi connectivity index (χ1v) is 5.99. The van der Waals surface area contributed by atoms with Gasteiger partial charge < -0.3 is 9.47 Å². The summed E-state index contributed by atoms with van der Waals surface area (Å²) < 4.78 is 36.3. The predicted octanol–water partition coefficient (Wildman–Crippen LogP) is 4.08. The highest BCUT2D eigenvalue weighted by Crippen LogP contribution is 2.24. The summed E-state index contributed by atoms with van der Waals surface area (Å²) in [6.07, 6.45) is 0. The van der Waals surface area contributed by atoms with Gasteiger partial charge in [0.2, 0.25) is 0 Å². The van der Waals surface area contributed by atoms with E-state index >= 15 is 0 Å². The van der Waals surface area contributed by atoms with Crippen LogP contribution in [0.3, 0.4) is 0 Å². The molecule has 5 heteroatoms. The number of ether oxygens (including phenoxy) is 2. The van der Waals surface area contributed by atoms with Crippen LogP contribution in [0.2, 0.25) is 5.02 Å². The molecule has 100 valence electrons. The van der Waals surface area contributed by atoms with Gasteiger partial charge in [0.25, 0.3) is 0 Å². The van der Waals surface area contributed by atoms with Gasteiger partial charge in [-0.2, -0.15) is 0 Å². The molecule has 0 aliphatic heterocycles. The van der Waals surface area contributed by atoms with E-state index in [0.29, 0.717) is 11.5 Å². The molecular weight excluding hydrogens is 274 g/mol. The van der Waals surface area contributed by atoms with Crippen molar-refractivity contribution in [2.75, 3.05) is 13.2 Å². The van der Waals surface area contributed by atoms with E-state index in [1.165, 1.54) is 30.3 Å². The van der Waals surface area contributed by atoms with E-state index in [1.807, 2.05) is 0 Å². The van der Waals surface area contributed by atoms with E-state index in [9.17, 15) is 8.78 Å². The molecule has 0 aliphatic rings. The van der Waals surface area contributed by atoms with Gasteiger partial charge in [-0.15, -0.1) is 0 Å². The van der Waals surface area contributed by atoms with Crippen molar-refractivity contribution in [2.45, 2.75) is 0 Å². The molecule has 0 bridgehead atoms. The predicted molar refractivity (Wildman–Crippen MR) is 68.8 cm³/mol. The Hall–Kier alpha value is -1.81. The zero-order valence-electron chi connectivity index (χ0n) is 9.91. The van der Waals surface area contributed by atoms with Gasteiger partial charge in [0.05, 0.1) is 5.02 Å². The normalized spacial score (nSPS) is 10.3. The monoisotopic (exact) mass is 284 g/mol. The Morgan fingerprint density at radius 3 is 2.37 bits per heavy atom. The highest BCUT2D eigenvalue weighted by atomic mass is 35.5. The molecule has 19 heavy (non-hydrogen) atoms.